The van der Waals surface area contributed by atoms with Gasteiger partial charge in [-0.05, 0) is 42.5 Å². The lowest BCUT2D eigenvalue weighted by atomic mass is 10.1. The van der Waals surface area contributed by atoms with Crippen molar-refractivity contribution in [2.24, 2.45) is 0 Å². The predicted molar refractivity (Wildman–Crippen MR) is 102 cm³/mol. The number of methoxy groups -OCH3 is 1. The van der Waals surface area contributed by atoms with Crippen LogP contribution in [0.1, 0.15) is 46.6 Å². The van der Waals surface area contributed by atoms with Gasteiger partial charge in [0.2, 0.25) is 0 Å². The fraction of sp³-hybridized carbons (Fsp3) is 0.273. The second kappa shape index (κ2) is 7.27. The number of fused-ring (bicyclic) bond motifs is 1. The maximum Gasteiger partial charge on any atom is 0.342 e. The standard InChI is InChI=1S/C22H22N2O3/c1-3-18-17(14-23-24(18)19-10-6-7-11-21(19)26-2)22(25)27-20-13-12-15-8-4-5-9-16(15)20/h4-11,14,20H,3,12-13H2,1-2H3/t20-/m1/s1. The van der Waals surface area contributed by atoms with Crippen molar-refractivity contribution in [2.75, 3.05) is 7.11 Å². The molecule has 0 N–H and O–H groups in total. The van der Waals surface area contributed by atoms with Crippen LogP contribution in [0.25, 0.3) is 5.69 Å². The van der Waals surface area contributed by atoms with Gasteiger partial charge >= 0.3 is 5.97 Å². The van der Waals surface area contributed by atoms with Gasteiger partial charge in [0.05, 0.1) is 19.0 Å². The number of ether oxygens (including phenoxy) is 2. The Morgan fingerprint density at radius 1 is 1.19 bits per heavy atom. The van der Waals surface area contributed by atoms with Crippen LogP contribution in [0.3, 0.4) is 0 Å². The number of carbonyl (C=O) groups is 1. The summed E-state index contributed by atoms with van der Waals surface area (Å²) in [5.41, 5.74) is 4.50. The van der Waals surface area contributed by atoms with Crippen molar-refractivity contribution in [1.82, 2.24) is 9.78 Å². The van der Waals surface area contributed by atoms with Crippen molar-refractivity contribution in [1.29, 1.82) is 0 Å². The number of para-hydroxylation sites is 2. The summed E-state index contributed by atoms with van der Waals surface area (Å²) >= 11 is 0. The molecule has 0 saturated heterocycles. The molecule has 1 aliphatic rings. The van der Waals surface area contributed by atoms with Crippen LogP contribution in [0, 0.1) is 0 Å². The smallest absolute Gasteiger partial charge is 0.342 e. The zero-order valence-electron chi connectivity index (χ0n) is 15.5. The van der Waals surface area contributed by atoms with E-state index in [0.29, 0.717) is 17.7 Å². The average Bonchev–Trinajstić information content (AvgIpc) is 3.32. The van der Waals surface area contributed by atoms with Crippen LogP contribution >= 0.6 is 0 Å². The number of aromatic nitrogens is 2. The molecule has 27 heavy (non-hydrogen) atoms. The van der Waals surface area contributed by atoms with E-state index in [1.807, 2.05) is 49.4 Å². The van der Waals surface area contributed by atoms with Gasteiger partial charge in [0.15, 0.2) is 0 Å². The van der Waals surface area contributed by atoms with E-state index in [9.17, 15) is 4.79 Å². The monoisotopic (exact) mass is 362 g/mol. The van der Waals surface area contributed by atoms with Crippen molar-refractivity contribution < 1.29 is 14.3 Å². The van der Waals surface area contributed by atoms with E-state index in [2.05, 4.69) is 11.2 Å². The Labute approximate surface area is 158 Å². The van der Waals surface area contributed by atoms with Gasteiger partial charge in [-0.3, -0.25) is 0 Å². The van der Waals surface area contributed by atoms with E-state index >= 15 is 0 Å². The van der Waals surface area contributed by atoms with Gasteiger partial charge in [-0.2, -0.15) is 5.10 Å². The lowest BCUT2D eigenvalue weighted by Gasteiger charge is -2.14. The number of esters is 1. The molecule has 1 heterocycles. The molecule has 0 fully saturated rings. The second-order valence-corrected chi connectivity index (χ2v) is 6.57. The molecule has 3 aromatic rings. The lowest BCUT2D eigenvalue weighted by Crippen LogP contribution is -2.12. The highest BCUT2D eigenvalue weighted by Crippen LogP contribution is 2.34. The van der Waals surface area contributed by atoms with Gasteiger partial charge in [0.1, 0.15) is 23.1 Å². The fourth-order valence-corrected chi connectivity index (χ4v) is 3.73. The summed E-state index contributed by atoms with van der Waals surface area (Å²) in [5.74, 6) is 0.384. The Bertz CT molecular complexity index is 977. The third-order valence-electron chi connectivity index (χ3n) is 5.06. The Morgan fingerprint density at radius 3 is 2.78 bits per heavy atom. The van der Waals surface area contributed by atoms with Crippen LogP contribution in [0.4, 0.5) is 0 Å². The molecule has 0 aliphatic heterocycles. The Kier molecular flexibility index (Phi) is 4.67. The molecule has 5 nitrogen and oxygen atoms in total. The minimum Gasteiger partial charge on any atom is -0.494 e. The molecule has 0 bridgehead atoms. The predicted octanol–water partition coefficient (Wildman–Crippen LogP) is 4.29. The second-order valence-electron chi connectivity index (χ2n) is 6.57. The number of hydrogen-bond acceptors (Lipinski definition) is 4. The number of hydrogen-bond donors (Lipinski definition) is 0. The highest BCUT2D eigenvalue weighted by molar-refractivity contribution is 5.91. The average molecular weight is 362 g/mol. The van der Waals surface area contributed by atoms with Gasteiger partial charge in [-0.15, -0.1) is 0 Å². The molecule has 0 radical (unpaired) electrons. The molecule has 0 saturated carbocycles. The largest absolute Gasteiger partial charge is 0.494 e. The van der Waals surface area contributed by atoms with Crippen LogP contribution in [0.5, 0.6) is 5.75 Å². The molecule has 1 aliphatic carbocycles. The lowest BCUT2D eigenvalue weighted by molar-refractivity contribution is 0.0300. The number of nitrogens with zero attached hydrogens (tertiary/aromatic N) is 2. The van der Waals surface area contributed by atoms with Gasteiger partial charge in [0, 0.05) is 0 Å². The van der Waals surface area contributed by atoms with Crippen LogP contribution in [0.15, 0.2) is 54.7 Å². The minimum absolute atomic E-state index is 0.187. The SMILES string of the molecule is CCc1c(C(=O)O[C@@H]2CCc3ccccc32)cnn1-c1ccccc1OC. The van der Waals surface area contributed by atoms with Gasteiger partial charge in [0.25, 0.3) is 0 Å². The summed E-state index contributed by atoms with van der Waals surface area (Å²) in [5, 5.41) is 4.44. The summed E-state index contributed by atoms with van der Waals surface area (Å²) in [6, 6.07) is 15.8. The molecule has 1 atom stereocenters. The van der Waals surface area contributed by atoms with E-state index in [1.54, 1.807) is 18.0 Å². The summed E-state index contributed by atoms with van der Waals surface area (Å²) in [4.78, 5) is 12.9. The van der Waals surface area contributed by atoms with E-state index in [0.717, 1.165) is 29.8 Å². The highest BCUT2D eigenvalue weighted by atomic mass is 16.5. The summed E-state index contributed by atoms with van der Waals surface area (Å²) < 4.78 is 13.0. The van der Waals surface area contributed by atoms with Crippen molar-refractivity contribution in [3.63, 3.8) is 0 Å². The maximum absolute atomic E-state index is 12.9. The van der Waals surface area contributed by atoms with Gasteiger partial charge < -0.3 is 9.47 Å². The minimum atomic E-state index is -0.324. The van der Waals surface area contributed by atoms with Crippen molar-refractivity contribution in [3.05, 3.63) is 77.1 Å². The number of aryl methyl sites for hydroxylation is 1. The fourth-order valence-electron chi connectivity index (χ4n) is 3.73. The summed E-state index contributed by atoms with van der Waals surface area (Å²) in [6.45, 7) is 2.00. The number of benzene rings is 2. The van der Waals surface area contributed by atoms with Crippen LogP contribution in [0.2, 0.25) is 0 Å². The molecule has 0 unspecified atom stereocenters. The molecule has 0 amide bonds. The number of carbonyl (C=O) groups excluding carboxylic acids is 1. The van der Waals surface area contributed by atoms with E-state index in [-0.39, 0.29) is 12.1 Å². The first-order chi connectivity index (χ1) is 13.2. The van der Waals surface area contributed by atoms with Gasteiger partial charge in [-0.1, -0.05) is 43.3 Å². The van der Waals surface area contributed by atoms with Crippen LogP contribution < -0.4 is 4.74 Å². The normalized spacial score (nSPS) is 15.4. The van der Waals surface area contributed by atoms with Crippen molar-refractivity contribution in [3.8, 4) is 11.4 Å². The zero-order valence-corrected chi connectivity index (χ0v) is 15.5. The quantitative estimate of drug-likeness (QED) is 0.636. The zero-order chi connectivity index (χ0) is 18.8. The van der Waals surface area contributed by atoms with E-state index in [4.69, 9.17) is 9.47 Å². The van der Waals surface area contributed by atoms with E-state index < -0.39 is 0 Å². The van der Waals surface area contributed by atoms with Crippen molar-refractivity contribution in [2.45, 2.75) is 32.3 Å². The van der Waals surface area contributed by atoms with Crippen LogP contribution in [-0.4, -0.2) is 22.9 Å². The molecular formula is C22H22N2O3. The van der Waals surface area contributed by atoms with Gasteiger partial charge in [-0.25, -0.2) is 9.48 Å². The Morgan fingerprint density at radius 2 is 1.96 bits per heavy atom. The third kappa shape index (κ3) is 3.10. The highest BCUT2D eigenvalue weighted by Gasteiger charge is 2.28. The van der Waals surface area contributed by atoms with Crippen LogP contribution in [-0.2, 0) is 17.6 Å². The molecule has 138 valence electrons. The molecule has 5 heteroatoms. The first-order valence-corrected chi connectivity index (χ1v) is 9.22. The molecule has 2 aromatic carbocycles. The summed E-state index contributed by atoms with van der Waals surface area (Å²) in [6.07, 6.45) is 3.83. The Balaban J connectivity index is 1.63. The Hall–Kier alpha value is -3.08. The summed E-state index contributed by atoms with van der Waals surface area (Å²) in [7, 11) is 1.63. The first-order valence-electron chi connectivity index (χ1n) is 9.22. The van der Waals surface area contributed by atoms with E-state index in [1.165, 1.54) is 5.56 Å². The first kappa shape index (κ1) is 17.3. The number of rotatable bonds is 5. The molecule has 4 rings (SSSR count). The maximum atomic E-state index is 12.9. The molecule has 1 aromatic heterocycles. The third-order valence-corrected chi connectivity index (χ3v) is 5.06. The topological polar surface area (TPSA) is 53.3 Å². The van der Waals surface area contributed by atoms with Crippen molar-refractivity contribution >= 4 is 5.97 Å². The molecular weight excluding hydrogens is 340 g/mol. The molecule has 0 spiro atoms.